The maximum atomic E-state index is 6.62. The summed E-state index contributed by atoms with van der Waals surface area (Å²) in [7, 11) is 0. The third kappa shape index (κ3) is 49.4. The first-order valence-electron chi connectivity index (χ1n) is 28.8. The highest BCUT2D eigenvalue weighted by molar-refractivity contribution is 4.90. The van der Waals surface area contributed by atoms with Crippen LogP contribution >= 0.6 is 0 Å². The smallest absolute Gasteiger partial charge is 0.180 e. The summed E-state index contributed by atoms with van der Waals surface area (Å²) in [5.74, 6) is 0. The van der Waals surface area contributed by atoms with E-state index in [-0.39, 0.29) is 25.2 Å². The van der Waals surface area contributed by atoms with E-state index in [1.165, 1.54) is 205 Å². The summed E-state index contributed by atoms with van der Waals surface area (Å²) in [5, 5.41) is 0. The molecule has 0 aliphatic heterocycles. The zero-order valence-corrected chi connectivity index (χ0v) is 44.6. The van der Waals surface area contributed by atoms with Crippen LogP contribution in [0.1, 0.15) is 286 Å². The van der Waals surface area contributed by atoms with Crippen molar-refractivity contribution in [1.29, 1.82) is 0 Å². The fraction of sp³-hybridized carbons (Fsp3) is 0.931. The van der Waals surface area contributed by atoms with Crippen molar-refractivity contribution in [3.63, 3.8) is 0 Å². The van der Waals surface area contributed by atoms with Gasteiger partial charge < -0.3 is 33.2 Å². The molecule has 0 fully saturated rings. The van der Waals surface area contributed by atoms with Crippen LogP contribution in [0.5, 0.6) is 0 Å². The fourth-order valence-electron chi connectivity index (χ4n) is 8.49. The highest BCUT2D eigenvalue weighted by Gasteiger charge is 2.14. The Kier molecular flexibility index (Phi) is 55.1. The first-order valence-corrected chi connectivity index (χ1v) is 28.8. The fourth-order valence-corrected chi connectivity index (χ4v) is 8.49. The first kappa shape index (κ1) is 64.2. The summed E-state index contributed by atoms with van der Waals surface area (Å²) in [6.07, 6.45) is 56.4. The van der Waals surface area contributed by atoms with Crippen LogP contribution in [0.25, 0.3) is 0 Å². The van der Waals surface area contributed by atoms with Gasteiger partial charge in [0.05, 0.1) is 13.2 Å². The van der Waals surface area contributed by atoms with Crippen molar-refractivity contribution < 1.29 is 33.2 Å². The van der Waals surface area contributed by atoms with Crippen molar-refractivity contribution in [2.24, 2.45) is 0 Å². The largest absolute Gasteiger partial charge is 0.353 e. The van der Waals surface area contributed by atoms with Gasteiger partial charge in [-0.3, -0.25) is 0 Å². The minimum Gasteiger partial charge on any atom is -0.353 e. The Hall–Kier alpha value is -0.800. The molecule has 0 aliphatic rings. The van der Waals surface area contributed by atoms with Gasteiger partial charge in [-0.2, -0.15) is 0 Å². The molecule has 0 bridgehead atoms. The summed E-state index contributed by atoms with van der Waals surface area (Å²) in [4.78, 5) is 0. The molecule has 7 nitrogen and oxygen atoms in total. The monoisotopic (exact) mass is 923 g/mol. The van der Waals surface area contributed by atoms with E-state index in [0.29, 0.717) is 0 Å². The molecule has 65 heavy (non-hydrogen) atoms. The second-order valence-corrected chi connectivity index (χ2v) is 18.6. The molecule has 0 aromatic rings. The van der Waals surface area contributed by atoms with Crippen LogP contribution in [0.4, 0.5) is 0 Å². The van der Waals surface area contributed by atoms with Crippen molar-refractivity contribution in [3.8, 4) is 0 Å². The van der Waals surface area contributed by atoms with Gasteiger partial charge in [0.15, 0.2) is 25.2 Å². The predicted octanol–water partition coefficient (Wildman–Crippen LogP) is 18.5. The molecule has 0 aliphatic carbocycles. The molecule has 7 heteroatoms. The van der Waals surface area contributed by atoms with Gasteiger partial charge in [-0.25, -0.2) is 0 Å². The Morgan fingerprint density at radius 3 is 0.831 bits per heavy atom. The van der Waals surface area contributed by atoms with Gasteiger partial charge in [0.1, 0.15) is 0 Å². The number of hydrogen-bond donors (Lipinski definition) is 0. The topological polar surface area (TPSA) is 64.6 Å². The van der Waals surface area contributed by atoms with Crippen LogP contribution in [0.2, 0.25) is 0 Å². The van der Waals surface area contributed by atoms with Crippen LogP contribution in [0.15, 0.2) is 24.3 Å². The lowest BCUT2D eigenvalue weighted by atomic mass is 10.1. The Balaban J connectivity index is 4.91. The summed E-state index contributed by atoms with van der Waals surface area (Å²) < 4.78 is 42.3. The Morgan fingerprint density at radius 1 is 0.277 bits per heavy atom. The molecule has 0 heterocycles. The summed E-state index contributed by atoms with van der Waals surface area (Å²) in [5.41, 5.74) is 0. The van der Waals surface area contributed by atoms with Gasteiger partial charge >= 0.3 is 0 Å². The van der Waals surface area contributed by atoms with E-state index >= 15 is 0 Å². The third-order valence-electron chi connectivity index (χ3n) is 12.4. The second kappa shape index (κ2) is 55.8. The number of hydrogen-bond acceptors (Lipinski definition) is 7. The van der Waals surface area contributed by atoms with Crippen molar-refractivity contribution in [1.82, 2.24) is 0 Å². The average Bonchev–Trinajstić information content (AvgIpc) is 3.30. The van der Waals surface area contributed by atoms with Crippen molar-refractivity contribution in [2.75, 3.05) is 39.6 Å². The van der Waals surface area contributed by atoms with E-state index in [0.717, 1.165) is 78.2 Å². The average molecular weight is 924 g/mol. The first-order chi connectivity index (χ1) is 32.1. The van der Waals surface area contributed by atoms with E-state index in [9.17, 15) is 0 Å². The SMILES string of the molecule is CCCCCCCCCCOC(C=CCCCCCCCCCCCC(OCC)OCC)OC(C=CCCCCCCCCCCCC(OCC)OCC)OCCCCCCCCCC. The molecule has 0 spiro atoms. The van der Waals surface area contributed by atoms with Crippen molar-refractivity contribution >= 4 is 0 Å². The summed E-state index contributed by atoms with van der Waals surface area (Å²) >= 11 is 0. The van der Waals surface area contributed by atoms with Crippen LogP contribution in [0, 0.1) is 0 Å². The molecular weight excluding hydrogens is 809 g/mol. The number of allylic oxidation sites excluding steroid dienone is 2. The van der Waals surface area contributed by atoms with Crippen molar-refractivity contribution in [2.45, 2.75) is 311 Å². The Labute approximate surface area is 406 Å². The van der Waals surface area contributed by atoms with Crippen molar-refractivity contribution in [3.05, 3.63) is 24.3 Å². The number of ether oxygens (including phenoxy) is 7. The lowest BCUT2D eigenvalue weighted by Crippen LogP contribution is -2.25. The standard InChI is InChI=1S/C58H114O7/c1-7-13-15-17-19-35-41-47-53-63-57(51-45-39-33-29-25-21-23-27-31-37-43-49-55(59-9-3)60-10-4)65-58(64-54-48-42-36-20-18-16-14-8-2)52-46-40-34-30-26-22-24-28-32-38-44-50-56(61-11-5)62-12-6/h45-46,51-52,55-58H,7-44,47-50,53-54H2,1-6H3. The third-order valence-corrected chi connectivity index (χ3v) is 12.4. The van der Waals surface area contributed by atoms with E-state index < -0.39 is 0 Å². The quantitative estimate of drug-likeness (QED) is 0.0342. The minimum absolute atomic E-state index is 0.0165. The Bertz CT molecular complexity index is 844. The molecule has 0 N–H and O–H groups in total. The van der Waals surface area contributed by atoms with Crippen LogP contribution in [-0.4, -0.2) is 64.8 Å². The van der Waals surface area contributed by atoms with Gasteiger partial charge in [-0.1, -0.05) is 206 Å². The number of rotatable bonds is 56. The van der Waals surface area contributed by atoms with E-state index in [2.05, 4.69) is 38.2 Å². The van der Waals surface area contributed by atoms with Crippen LogP contribution < -0.4 is 0 Å². The zero-order valence-electron chi connectivity index (χ0n) is 44.6. The van der Waals surface area contributed by atoms with Crippen LogP contribution in [-0.2, 0) is 33.2 Å². The normalized spacial score (nSPS) is 13.2. The molecule has 0 radical (unpaired) electrons. The molecule has 0 amide bonds. The van der Waals surface area contributed by atoms with Gasteiger partial charge in [-0.05, 0) is 104 Å². The van der Waals surface area contributed by atoms with Gasteiger partial charge in [-0.15, -0.1) is 0 Å². The molecule has 0 aromatic carbocycles. The molecule has 2 unspecified atom stereocenters. The molecule has 2 atom stereocenters. The zero-order chi connectivity index (χ0) is 47.2. The highest BCUT2D eigenvalue weighted by Crippen LogP contribution is 2.18. The summed E-state index contributed by atoms with van der Waals surface area (Å²) in [6.45, 7) is 17.1. The molecule has 0 saturated heterocycles. The van der Waals surface area contributed by atoms with E-state index in [1.54, 1.807) is 0 Å². The maximum absolute atomic E-state index is 6.62. The van der Waals surface area contributed by atoms with Gasteiger partial charge in [0.25, 0.3) is 0 Å². The van der Waals surface area contributed by atoms with Gasteiger partial charge in [0.2, 0.25) is 0 Å². The Morgan fingerprint density at radius 2 is 0.538 bits per heavy atom. The van der Waals surface area contributed by atoms with Crippen LogP contribution in [0.3, 0.4) is 0 Å². The van der Waals surface area contributed by atoms with E-state index in [4.69, 9.17) is 33.2 Å². The van der Waals surface area contributed by atoms with Gasteiger partial charge in [0, 0.05) is 26.4 Å². The maximum Gasteiger partial charge on any atom is 0.180 e. The highest BCUT2D eigenvalue weighted by atomic mass is 16.8. The molecule has 0 saturated carbocycles. The molecule has 0 aromatic heterocycles. The van der Waals surface area contributed by atoms with E-state index in [1.807, 2.05) is 27.7 Å². The minimum atomic E-state index is -0.374. The molecule has 0 rings (SSSR count). The lowest BCUT2D eigenvalue weighted by Gasteiger charge is -2.22. The lowest BCUT2D eigenvalue weighted by molar-refractivity contribution is -0.208. The number of unbranched alkanes of at least 4 members (excludes halogenated alkanes) is 32. The second-order valence-electron chi connectivity index (χ2n) is 18.6. The predicted molar refractivity (Wildman–Crippen MR) is 280 cm³/mol. The molecule has 388 valence electrons. The summed E-state index contributed by atoms with van der Waals surface area (Å²) in [6, 6.07) is 0. The molecular formula is C58H114O7.